The molecule has 0 atom stereocenters. The Balaban J connectivity index is 3.86. The van der Waals surface area contributed by atoms with Gasteiger partial charge in [0.15, 0.2) is 0 Å². The van der Waals surface area contributed by atoms with E-state index in [2.05, 4.69) is 6.58 Å². The zero-order chi connectivity index (χ0) is 7.28. The predicted octanol–water partition coefficient (Wildman–Crippen LogP) is 2.08. The first-order valence-electron chi connectivity index (χ1n) is 2.58. The molecule has 2 nitrogen and oxygen atoms in total. The van der Waals surface area contributed by atoms with Crippen molar-refractivity contribution in [2.45, 2.75) is 6.92 Å². The summed E-state index contributed by atoms with van der Waals surface area (Å²) in [7, 11) is 0. The van der Waals surface area contributed by atoms with E-state index in [9.17, 15) is 0 Å². The number of allylic oxidation sites excluding steroid dienone is 3. The molecule has 2 N–H and O–H groups in total. The maximum Gasteiger partial charge on any atom is 0.111 e. The quantitative estimate of drug-likeness (QED) is 0.439. The molecule has 0 spiro atoms. The van der Waals surface area contributed by atoms with Crippen molar-refractivity contribution in [3.05, 3.63) is 36.3 Å². The Bertz CT molecular complexity index is 154. The third kappa shape index (κ3) is 4.68. The topological polar surface area (TPSA) is 40.5 Å². The standard InChI is InChI=1S/C7H10O2/c1-3-7(9)5-4-6(2)8/h3-5,8-9H,2H2,1H3/b5-4-,7-3+. The Morgan fingerprint density at radius 2 is 1.89 bits per heavy atom. The second-order valence-electron chi connectivity index (χ2n) is 1.54. The molecule has 50 valence electrons. The predicted molar refractivity (Wildman–Crippen MR) is 37.3 cm³/mol. The van der Waals surface area contributed by atoms with Crippen molar-refractivity contribution in [1.82, 2.24) is 0 Å². The first-order chi connectivity index (χ1) is 4.16. The van der Waals surface area contributed by atoms with Crippen LogP contribution in [0.25, 0.3) is 0 Å². The SMILES string of the molecule is C=C(O)/C=C\C(O)=C/C. The largest absolute Gasteiger partial charge is 0.509 e. The molecule has 0 rings (SSSR count). The van der Waals surface area contributed by atoms with Crippen LogP contribution < -0.4 is 0 Å². The van der Waals surface area contributed by atoms with Crippen LogP contribution in [-0.2, 0) is 0 Å². The second kappa shape index (κ2) is 3.78. The highest BCUT2D eigenvalue weighted by Crippen LogP contribution is 1.92. The summed E-state index contributed by atoms with van der Waals surface area (Å²) in [5.41, 5.74) is 0. The maximum absolute atomic E-state index is 8.73. The van der Waals surface area contributed by atoms with Crippen LogP contribution in [0.2, 0.25) is 0 Å². The van der Waals surface area contributed by atoms with Crippen LogP contribution >= 0.6 is 0 Å². The van der Waals surface area contributed by atoms with Gasteiger partial charge in [0, 0.05) is 0 Å². The lowest BCUT2D eigenvalue weighted by Crippen LogP contribution is -1.72. The summed E-state index contributed by atoms with van der Waals surface area (Å²) in [5.74, 6) is 0.0496. The number of aliphatic hydroxyl groups excluding tert-OH is 2. The molecule has 0 heterocycles. The Labute approximate surface area is 54.4 Å². The molecule has 2 heteroatoms. The first-order valence-corrected chi connectivity index (χ1v) is 2.58. The summed E-state index contributed by atoms with van der Waals surface area (Å²) >= 11 is 0. The molecule has 0 saturated heterocycles. The highest BCUT2D eigenvalue weighted by molar-refractivity contribution is 5.16. The number of hydrogen-bond acceptors (Lipinski definition) is 2. The van der Waals surface area contributed by atoms with Crippen LogP contribution in [0.1, 0.15) is 6.92 Å². The highest BCUT2D eigenvalue weighted by Gasteiger charge is 1.79. The van der Waals surface area contributed by atoms with Crippen molar-refractivity contribution >= 4 is 0 Å². The van der Waals surface area contributed by atoms with Gasteiger partial charge in [0.05, 0.1) is 0 Å². The van der Waals surface area contributed by atoms with Crippen LogP contribution in [0.3, 0.4) is 0 Å². The van der Waals surface area contributed by atoms with Crippen molar-refractivity contribution < 1.29 is 10.2 Å². The zero-order valence-electron chi connectivity index (χ0n) is 5.33. The van der Waals surface area contributed by atoms with E-state index >= 15 is 0 Å². The highest BCUT2D eigenvalue weighted by atomic mass is 16.3. The Kier molecular flexibility index (Phi) is 3.28. The van der Waals surface area contributed by atoms with Crippen LogP contribution in [0.15, 0.2) is 36.3 Å². The minimum atomic E-state index is -0.0663. The average Bonchev–Trinajstić information content (AvgIpc) is 1.83. The van der Waals surface area contributed by atoms with Crippen LogP contribution in [0.5, 0.6) is 0 Å². The lowest BCUT2D eigenvalue weighted by Gasteiger charge is -1.86. The van der Waals surface area contributed by atoms with Gasteiger partial charge in [-0.05, 0) is 25.2 Å². The molecule has 0 aliphatic rings. The fourth-order valence-electron chi connectivity index (χ4n) is 0.278. The van der Waals surface area contributed by atoms with Gasteiger partial charge in [0.2, 0.25) is 0 Å². The van der Waals surface area contributed by atoms with Gasteiger partial charge in [-0.15, -0.1) is 0 Å². The maximum atomic E-state index is 8.73. The molecule has 0 radical (unpaired) electrons. The summed E-state index contributed by atoms with van der Waals surface area (Å²) < 4.78 is 0. The monoisotopic (exact) mass is 126 g/mol. The van der Waals surface area contributed by atoms with E-state index in [1.165, 1.54) is 18.2 Å². The third-order valence-electron chi connectivity index (χ3n) is 0.742. The summed E-state index contributed by atoms with van der Waals surface area (Å²) in [6.45, 7) is 4.89. The fourth-order valence-corrected chi connectivity index (χ4v) is 0.278. The second-order valence-corrected chi connectivity index (χ2v) is 1.54. The molecule has 0 fully saturated rings. The van der Waals surface area contributed by atoms with Gasteiger partial charge in [0.1, 0.15) is 11.5 Å². The van der Waals surface area contributed by atoms with E-state index in [0.717, 1.165) is 0 Å². The Morgan fingerprint density at radius 3 is 2.22 bits per heavy atom. The minimum absolute atomic E-state index is 0.0663. The summed E-state index contributed by atoms with van der Waals surface area (Å²) in [4.78, 5) is 0. The molecule has 0 aromatic rings. The molecule has 0 unspecified atom stereocenters. The summed E-state index contributed by atoms with van der Waals surface area (Å²) in [6.07, 6.45) is 4.19. The van der Waals surface area contributed by atoms with Crippen LogP contribution in [0.4, 0.5) is 0 Å². The molecular formula is C7H10O2. The smallest absolute Gasteiger partial charge is 0.111 e. The van der Waals surface area contributed by atoms with E-state index < -0.39 is 0 Å². The van der Waals surface area contributed by atoms with E-state index in [-0.39, 0.29) is 11.5 Å². The van der Waals surface area contributed by atoms with E-state index in [1.54, 1.807) is 6.92 Å². The number of rotatable bonds is 2. The molecule has 0 aliphatic carbocycles. The average molecular weight is 126 g/mol. The molecule has 9 heavy (non-hydrogen) atoms. The zero-order valence-corrected chi connectivity index (χ0v) is 5.33. The van der Waals surface area contributed by atoms with E-state index in [1.807, 2.05) is 0 Å². The van der Waals surface area contributed by atoms with Gasteiger partial charge in [-0.1, -0.05) is 6.58 Å². The third-order valence-corrected chi connectivity index (χ3v) is 0.742. The lowest BCUT2D eigenvalue weighted by molar-refractivity contribution is 0.423. The molecule has 0 amide bonds. The van der Waals surface area contributed by atoms with Crippen molar-refractivity contribution in [2.75, 3.05) is 0 Å². The van der Waals surface area contributed by atoms with Gasteiger partial charge in [-0.2, -0.15) is 0 Å². The Morgan fingerprint density at radius 1 is 1.33 bits per heavy atom. The van der Waals surface area contributed by atoms with Crippen LogP contribution in [-0.4, -0.2) is 10.2 Å². The van der Waals surface area contributed by atoms with Crippen molar-refractivity contribution in [1.29, 1.82) is 0 Å². The van der Waals surface area contributed by atoms with Gasteiger partial charge in [-0.25, -0.2) is 0 Å². The van der Waals surface area contributed by atoms with Gasteiger partial charge in [0.25, 0.3) is 0 Å². The number of hydrogen-bond donors (Lipinski definition) is 2. The lowest BCUT2D eigenvalue weighted by atomic mass is 10.4. The molecule has 0 bridgehead atoms. The Hall–Kier alpha value is -1.18. The van der Waals surface area contributed by atoms with E-state index in [4.69, 9.17) is 10.2 Å². The van der Waals surface area contributed by atoms with Gasteiger partial charge >= 0.3 is 0 Å². The normalized spacial score (nSPS) is 12.3. The minimum Gasteiger partial charge on any atom is -0.509 e. The van der Waals surface area contributed by atoms with Crippen LogP contribution in [0, 0.1) is 0 Å². The molecular weight excluding hydrogens is 116 g/mol. The molecule has 0 aliphatic heterocycles. The van der Waals surface area contributed by atoms with Crippen molar-refractivity contribution in [3.63, 3.8) is 0 Å². The first kappa shape index (κ1) is 7.82. The van der Waals surface area contributed by atoms with Gasteiger partial charge < -0.3 is 10.2 Å². The van der Waals surface area contributed by atoms with Crippen molar-refractivity contribution in [2.24, 2.45) is 0 Å². The molecule has 0 saturated carbocycles. The summed E-state index contributed by atoms with van der Waals surface area (Å²) in [5, 5.41) is 17.2. The molecule has 0 aromatic heterocycles. The van der Waals surface area contributed by atoms with Gasteiger partial charge in [-0.3, -0.25) is 0 Å². The molecule has 0 aromatic carbocycles. The van der Waals surface area contributed by atoms with Crippen molar-refractivity contribution in [3.8, 4) is 0 Å². The van der Waals surface area contributed by atoms with E-state index in [0.29, 0.717) is 0 Å². The fraction of sp³-hybridized carbons (Fsp3) is 0.143. The summed E-state index contributed by atoms with van der Waals surface area (Å²) in [6, 6.07) is 0. The number of aliphatic hydroxyl groups is 2.